The standard InChI is InChI=1S/C38H43F2N5O5S2/c1-22(35(46)47)16-23-8-6-9-24(17-23)38(4)13-7-12-37(2,3)21-52(49,50)15-11-26-25-10-14-42-31(25)20-29(40)33(26)51(48)32-18-27(28(39)19-30(32)41)34-43-36(38)44-45(34)5/h6,8-10,14,17-20,22,42H,7,11-13,15-16,21,41H2,1-5H3,(H,46,47)/t22-,38-,51?/m1/s1. The minimum Gasteiger partial charge on any atom is -0.606 e. The first-order valence-electron chi connectivity index (χ1n) is 17.1. The van der Waals surface area contributed by atoms with E-state index in [-0.39, 0.29) is 50.4 Å². The summed E-state index contributed by atoms with van der Waals surface area (Å²) in [5.74, 6) is -2.98. The lowest BCUT2D eigenvalue weighted by atomic mass is 9.75. The largest absolute Gasteiger partial charge is 0.606 e. The summed E-state index contributed by atoms with van der Waals surface area (Å²) >= 11 is -2.28. The summed E-state index contributed by atoms with van der Waals surface area (Å²) in [6, 6.07) is 12.8. The second kappa shape index (κ2) is 13.9. The summed E-state index contributed by atoms with van der Waals surface area (Å²) in [5.41, 5.74) is 6.89. The molecule has 0 saturated carbocycles. The zero-order valence-corrected chi connectivity index (χ0v) is 31.4. The second-order valence-electron chi connectivity index (χ2n) is 15.0. The van der Waals surface area contributed by atoms with Gasteiger partial charge in [0.15, 0.2) is 37.1 Å². The van der Waals surface area contributed by atoms with Crippen molar-refractivity contribution >= 4 is 43.6 Å². The molecule has 2 aromatic heterocycles. The third kappa shape index (κ3) is 7.33. The number of hydrogen-bond acceptors (Lipinski definition) is 7. The number of nitrogens with two attached hydrogens (primary N) is 1. The Kier molecular flexibility index (Phi) is 10.0. The van der Waals surface area contributed by atoms with Crippen molar-refractivity contribution in [1.82, 2.24) is 19.7 Å². The number of halogens is 2. The van der Waals surface area contributed by atoms with Crippen LogP contribution in [0.3, 0.4) is 0 Å². The molecule has 3 heterocycles. The van der Waals surface area contributed by atoms with Crippen LogP contribution in [-0.4, -0.2) is 55.3 Å². The molecular formula is C38H43F2N5O5S2. The van der Waals surface area contributed by atoms with Crippen molar-refractivity contribution in [3.05, 3.63) is 88.9 Å². The van der Waals surface area contributed by atoms with Crippen molar-refractivity contribution in [2.24, 2.45) is 18.4 Å². The summed E-state index contributed by atoms with van der Waals surface area (Å²) in [6.07, 6.45) is 3.43. The molecule has 0 amide bonds. The van der Waals surface area contributed by atoms with Crippen molar-refractivity contribution in [2.45, 2.75) is 75.0 Å². The van der Waals surface area contributed by atoms with Gasteiger partial charge in [-0.3, -0.25) is 4.79 Å². The average Bonchev–Trinajstić information content (AvgIpc) is 3.69. The highest BCUT2D eigenvalue weighted by Crippen LogP contribution is 2.41. The predicted octanol–water partition coefficient (Wildman–Crippen LogP) is 6.73. The van der Waals surface area contributed by atoms with Gasteiger partial charge in [-0.05, 0) is 55.2 Å². The zero-order chi connectivity index (χ0) is 37.7. The number of nitrogens with one attached hydrogen (secondary N) is 1. The molecule has 3 aromatic carbocycles. The van der Waals surface area contributed by atoms with Crippen LogP contribution in [0.4, 0.5) is 14.5 Å². The van der Waals surface area contributed by atoms with Crippen molar-refractivity contribution < 1.29 is 31.7 Å². The summed E-state index contributed by atoms with van der Waals surface area (Å²) in [4.78, 5) is 19.2. The Balaban J connectivity index is 1.55. The Morgan fingerprint density at radius 3 is 2.62 bits per heavy atom. The normalized spacial score (nSPS) is 21.2. The molecule has 1 aliphatic rings. The molecule has 0 radical (unpaired) electrons. The van der Waals surface area contributed by atoms with Crippen LogP contribution in [0.5, 0.6) is 0 Å². The lowest BCUT2D eigenvalue weighted by molar-refractivity contribution is -0.141. The van der Waals surface area contributed by atoms with Crippen LogP contribution in [0, 0.1) is 23.0 Å². The number of carbonyl (C=O) groups is 1. The first-order valence-corrected chi connectivity index (χ1v) is 20.1. The topological polar surface area (TPSA) is 167 Å². The zero-order valence-electron chi connectivity index (χ0n) is 29.8. The fourth-order valence-corrected chi connectivity index (χ4v) is 10.7. The number of fused-ring (bicyclic) bond motifs is 8. The number of benzene rings is 3. The molecule has 1 unspecified atom stereocenters. The van der Waals surface area contributed by atoms with Crippen LogP contribution in [0.2, 0.25) is 0 Å². The number of aryl methyl sites for hydroxylation is 2. The van der Waals surface area contributed by atoms with Gasteiger partial charge in [0.2, 0.25) is 0 Å². The summed E-state index contributed by atoms with van der Waals surface area (Å²) in [5, 5.41) is 14.9. The van der Waals surface area contributed by atoms with Gasteiger partial charge in [-0.2, -0.15) is 5.10 Å². The number of nitrogen functional groups attached to an aromatic ring is 1. The van der Waals surface area contributed by atoms with Gasteiger partial charge in [0, 0.05) is 59.1 Å². The third-order valence-corrected chi connectivity index (χ3v) is 13.8. The van der Waals surface area contributed by atoms with Gasteiger partial charge in [-0.15, -0.1) is 0 Å². The van der Waals surface area contributed by atoms with Crippen LogP contribution in [-0.2, 0) is 51.1 Å². The van der Waals surface area contributed by atoms with Gasteiger partial charge >= 0.3 is 5.97 Å². The highest BCUT2D eigenvalue weighted by molar-refractivity contribution is 7.92. The second-order valence-corrected chi connectivity index (χ2v) is 18.5. The Labute approximate surface area is 305 Å². The number of H-pyrrole nitrogens is 1. The Hall–Kier alpha value is -4.27. The molecule has 3 atom stereocenters. The first kappa shape index (κ1) is 37.5. The number of carboxylic acid groups (broad SMARTS) is 1. The van der Waals surface area contributed by atoms with E-state index in [0.29, 0.717) is 42.4 Å². The summed E-state index contributed by atoms with van der Waals surface area (Å²) in [6.45, 7) is 7.41. The van der Waals surface area contributed by atoms with Gasteiger partial charge in [0.25, 0.3) is 0 Å². The van der Waals surface area contributed by atoms with Crippen molar-refractivity contribution in [2.75, 3.05) is 17.2 Å². The van der Waals surface area contributed by atoms with Crippen LogP contribution in [0.1, 0.15) is 69.5 Å². The van der Waals surface area contributed by atoms with E-state index in [2.05, 4.69) is 4.98 Å². The fraction of sp³-hybridized carbons (Fsp3) is 0.395. The molecule has 10 nitrogen and oxygen atoms in total. The minimum atomic E-state index is -3.69. The van der Waals surface area contributed by atoms with Gasteiger partial charge in [-0.1, -0.05) is 51.5 Å². The Morgan fingerprint density at radius 2 is 1.88 bits per heavy atom. The third-order valence-electron chi connectivity index (χ3n) is 10.2. The molecule has 1 aliphatic heterocycles. The van der Waals surface area contributed by atoms with Gasteiger partial charge in [-0.25, -0.2) is 26.9 Å². The molecule has 4 N–H and O–H groups in total. The van der Waals surface area contributed by atoms with E-state index >= 15 is 8.78 Å². The fourth-order valence-electron chi connectivity index (χ4n) is 7.32. The number of aromatic amines is 1. The number of hydrogen-bond donors (Lipinski definition) is 3. The lowest BCUT2D eigenvalue weighted by Gasteiger charge is -2.31. The number of rotatable bonds is 4. The van der Waals surface area contributed by atoms with E-state index in [9.17, 15) is 22.9 Å². The summed E-state index contributed by atoms with van der Waals surface area (Å²) in [7, 11) is -2.07. The molecule has 6 rings (SSSR count). The molecule has 5 aromatic rings. The molecule has 52 heavy (non-hydrogen) atoms. The monoisotopic (exact) mass is 751 g/mol. The number of aliphatic carboxylic acids is 1. The van der Waals surface area contributed by atoms with Gasteiger partial charge in [0.1, 0.15) is 5.82 Å². The van der Waals surface area contributed by atoms with Crippen molar-refractivity contribution in [1.29, 1.82) is 0 Å². The van der Waals surface area contributed by atoms with Crippen LogP contribution >= 0.6 is 0 Å². The molecule has 0 saturated heterocycles. The molecular weight excluding hydrogens is 709 g/mol. The molecule has 0 aliphatic carbocycles. The van der Waals surface area contributed by atoms with Crippen molar-refractivity contribution in [3.63, 3.8) is 0 Å². The number of carboxylic acids is 1. The quantitative estimate of drug-likeness (QED) is 0.134. The van der Waals surface area contributed by atoms with Crippen LogP contribution in [0.15, 0.2) is 64.5 Å². The highest BCUT2D eigenvalue weighted by atomic mass is 32.2. The average molecular weight is 752 g/mol. The first-order chi connectivity index (χ1) is 24.4. The van der Waals surface area contributed by atoms with E-state index in [1.54, 1.807) is 26.2 Å². The number of sulfone groups is 1. The van der Waals surface area contributed by atoms with E-state index in [0.717, 1.165) is 17.2 Å². The highest BCUT2D eigenvalue weighted by Gasteiger charge is 2.37. The molecule has 14 heteroatoms. The maximum absolute atomic E-state index is 15.9. The molecule has 0 spiro atoms. The van der Waals surface area contributed by atoms with E-state index in [1.807, 2.05) is 45.0 Å². The number of aromatic nitrogens is 4. The minimum absolute atomic E-state index is 0.0420. The summed E-state index contributed by atoms with van der Waals surface area (Å²) < 4.78 is 75.0. The van der Waals surface area contributed by atoms with Gasteiger partial charge in [0.05, 0.1) is 34.1 Å². The Morgan fingerprint density at radius 1 is 1.13 bits per heavy atom. The lowest BCUT2D eigenvalue weighted by Crippen LogP contribution is -2.29. The molecule has 4 bridgehead atoms. The molecule has 276 valence electrons. The van der Waals surface area contributed by atoms with Crippen molar-refractivity contribution in [3.8, 4) is 11.4 Å². The van der Waals surface area contributed by atoms with E-state index in [1.165, 1.54) is 16.8 Å². The van der Waals surface area contributed by atoms with E-state index < -0.39 is 55.4 Å². The number of anilines is 1. The van der Waals surface area contributed by atoms with Gasteiger partial charge < -0.3 is 20.4 Å². The maximum Gasteiger partial charge on any atom is 0.306 e. The predicted molar refractivity (Wildman–Crippen MR) is 197 cm³/mol. The number of nitrogens with zero attached hydrogens (tertiary/aromatic N) is 3. The smallest absolute Gasteiger partial charge is 0.306 e. The van der Waals surface area contributed by atoms with Crippen LogP contribution in [0.25, 0.3) is 22.3 Å². The van der Waals surface area contributed by atoms with Crippen LogP contribution < -0.4 is 5.73 Å². The maximum atomic E-state index is 15.9. The Bertz CT molecular complexity index is 2290. The SMILES string of the molecule is C[C@H](Cc1cccc([C@@]2(C)CCCC(C)(C)CS(=O)(=O)CCc3c(c(F)cc4[nH]ccc34)[S+]([O-])c3cc(c(F)cc3N)-c3nc2nn3C)c1)C(=O)O. The van der Waals surface area contributed by atoms with E-state index in [4.69, 9.17) is 15.8 Å². The molecule has 0 fully saturated rings.